The molecule has 0 aliphatic heterocycles. The molecule has 2 unspecified atom stereocenters. The van der Waals surface area contributed by atoms with Crippen molar-refractivity contribution >= 4 is 5.97 Å². The quantitative estimate of drug-likeness (QED) is 0.904. The monoisotopic (exact) mass is 262 g/mol. The molecule has 0 aromatic heterocycles. The number of rotatable bonds is 4. The second-order valence-electron chi connectivity index (χ2n) is 5.51. The average Bonchev–Trinajstić information content (AvgIpc) is 2.39. The fourth-order valence-corrected chi connectivity index (χ4v) is 3.13. The lowest BCUT2D eigenvalue weighted by Crippen LogP contribution is -2.28. The fraction of sp³-hybridized carbons (Fsp3) is 0.562. The Morgan fingerprint density at radius 2 is 2.11 bits per heavy atom. The third-order valence-electron chi connectivity index (χ3n) is 4.14. The van der Waals surface area contributed by atoms with E-state index >= 15 is 0 Å². The molecular formula is C16H22O3. The Bertz CT molecular complexity index is 453. The largest absolute Gasteiger partial charge is 0.496 e. The summed E-state index contributed by atoms with van der Waals surface area (Å²) in [6.45, 7) is 2.05. The number of carboxylic acid groups (broad SMARTS) is 1. The van der Waals surface area contributed by atoms with E-state index in [2.05, 4.69) is 13.0 Å². The van der Waals surface area contributed by atoms with Crippen molar-refractivity contribution in [2.24, 2.45) is 11.8 Å². The van der Waals surface area contributed by atoms with Crippen molar-refractivity contribution in [2.45, 2.75) is 39.0 Å². The highest BCUT2D eigenvalue weighted by molar-refractivity contribution is 5.70. The summed E-state index contributed by atoms with van der Waals surface area (Å²) in [5.41, 5.74) is 2.33. The van der Waals surface area contributed by atoms with E-state index in [1.54, 1.807) is 7.11 Å². The van der Waals surface area contributed by atoms with E-state index in [0.717, 1.165) is 43.4 Å². The summed E-state index contributed by atoms with van der Waals surface area (Å²) in [6, 6.07) is 6.12. The first kappa shape index (κ1) is 13.9. The minimum atomic E-state index is -0.642. The zero-order valence-corrected chi connectivity index (χ0v) is 11.7. The third kappa shape index (κ3) is 3.28. The highest BCUT2D eigenvalue weighted by Crippen LogP contribution is 2.35. The minimum Gasteiger partial charge on any atom is -0.496 e. The summed E-state index contributed by atoms with van der Waals surface area (Å²) in [7, 11) is 1.67. The number of carbonyl (C=O) groups is 1. The molecule has 1 fully saturated rings. The Hall–Kier alpha value is -1.51. The van der Waals surface area contributed by atoms with Crippen LogP contribution in [0.5, 0.6) is 5.75 Å². The molecule has 0 spiro atoms. The maximum absolute atomic E-state index is 11.3. The average molecular weight is 262 g/mol. The summed E-state index contributed by atoms with van der Waals surface area (Å²) in [4.78, 5) is 11.3. The van der Waals surface area contributed by atoms with Crippen LogP contribution >= 0.6 is 0 Å². The lowest BCUT2D eigenvalue weighted by Gasteiger charge is -2.29. The van der Waals surface area contributed by atoms with Crippen LogP contribution in [0.4, 0.5) is 0 Å². The number of methoxy groups -OCH3 is 1. The summed E-state index contributed by atoms with van der Waals surface area (Å²) < 4.78 is 5.39. The van der Waals surface area contributed by atoms with Gasteiger partial charge in [-0.15, -0.1) is 0 Å². The van der Waals surface area contributed by atoms with Crippen molar-refractivity contribution in [1.29, 1.82) is 0 Å². The molecule has 0 saturated heterocycles. The van der Waals surface area contributed by atoms with Gasteiger partial charge in [0.05, 0.1) is 13.0 Å². The van der Waals surface area contributed by atoms with E-state index < -0.39 is 5.97 Å². The van der Waals surface area contributed by atoms with Gasteiger partial charge in [0.25, 0.3) is 0 Å². The van der Waals surface area contributed by atoms with Gasteiger partial charge in [-0.1, -0.05) is 30.5 Å². The van der Waals surface area contributed by atoms with Crippen molar-refractivity contribution < 1.29 is 14.6 Å². The van der Waals surface area contributed by atoms with Gasteiger partial charge in [0, 0.05) is 0 Å². The highest BCUT2D eigenvalue weighted by Gasteiger charge is 2.31. The lowest BCUT2D eigenvalue weighted by atomic mass is 9.76. The molecule has 104 valence electrons. The predicted octanol–water partition coefficient (Wildman–Crippen LogP) is 3.44. The summed E-state index contributed by atoms with van der Waals surface area (Å²) in [5, 5.41) is 9.34. The normalized spacial score (nSPS) is 23.1. The highest BCUT2D eigenvalue weighted by atomic mass is 16.5. The van der Waals surface area contributed by atoms with Crippen LogP contribution in [0.25, 0.3) is 0 Å². The Morgan fingerprint density at radius 3 is 2.79 bits per heavy atom. The third-order valence-corrected chi connectivity index (χ3v) is 4.14. The van der Waals surface area contributed by atoms with E-state index in [4.69, 9.17) is 4.74 Å². The molecule has 1 saturated carbocycles. The van der Waals surface area contributed by atoms with Crippen molar-refractivity contribution in [2.75, 3.05) is 7.11 Å². The molecule has 3 heteroatoms. The Balaban J connectivity index is 2.18. The van der Waals surface area contributed by atoms with Crippen molar-refractivity contribution in [3.05, 3.63) is 29.3 Å². The van der Waals surface area contributed by atoms with Crippen LogP contribution in [0.1, 0.15) is 36.8 Å². The van der Waals surface area contributed by atoms with Gasteiger partial charge in [0.1, 0.15) is 5.75 Å². The number of benzene rings is 1. The number of carboxylic acids is 1. The first-order valence-corrected chi connectivity index (χ1v) is 6.98. The molecule has 3 nitrogen and oxygen atoms in total. The van der Waals surface area contributed by atoms with Gasteiger partial charge in [0.2, 0.25) is 0 Å². The smallest absolute Gasteiger partial charge is 0.306 e. The number of hydrogen-bond donors (Lipinski definition) is 1. The molecular weight excluding hydrogens is 240 g/mol. The van der Waals surface area contributed by atoms with E-state index in [1.165, 1.54) is 5.56 Å². The van der Waals surface area contributed by atoms with E-state index in [9.17, 15) is 9.90 Å². The van der Waals surface area contributed by atoms with Crippen molar-refractivity contribution in [3.8, 4) is 5.75 Å². The number of ether oxygens (including phenoxy) is 1. The first-order chi connectivity index (χ1) is 9.11. The van der Waals surface area contributed by atoms with E-state index in [1.807, 2.05) is 12.1 Å². The van der Waals surface area contributed by atoms with Gasteiger partial charge in [-0.3, -0.25) is 4.79 Å². The molecule has 0 heterocycles. The first-order valence-electron chi connectivity index (χ1n) is 6.98. The lowest BCUT2D eigenvalue weighted by molar-refractivity contribution is -0.144. The molecule has 2 atom stereocenters. The number of aliphatic carboxylic acids is 1. The molecule has 0 radical (unpaired) electrons. The van der Waals surface area contributed by atoms with Gasteiger partial charge >= 0.3 is 5.97 Å². The fourth-order valence-electron chi connectivity index (χ4n) is 3.13. The van der Waals surface area contributed by atoms with Gasteiger partial charge in [-0.05, 0) is 43.7 Å². The summed E-state index contributed by atoms with van der Waals surface area (Å²) in [6.07, 6.45) is 4.81. The van der Waals surface area contributed by atoms with Crippen LogP contribution in [0.2, 0.25) is 0 Å². The second-order valence-corrected chi connectivity index (χ2v) is 5.51. The molecule has 19 heavy (non-hydrogen) atoms. The van der Waals surface area contributed by atoms with Crippen molar-refractivity contribution in [3.63, 3.8) is 0 Å². The molecule has 1 aromatic carbocycles. The van der Waals surface area contributed by atoms with Gasteiger partial charge in [-0.25, -0.2) is 0 Å². The molecule has 1 aliphatic carbocycles. The molecule has 0 bridgehead atoms. The van der Waals surface area contributed by atoms with E-state index in [-0.39, 0.29) is 11.8 Å². The SMILES string of the molecule is COc1ccc(C)cc1CC1CCCCC1C(=O)O. The van der Waals surface area contributed by atoms with Crippen LogP contribution in [0, 0.1) is 18.8 Å². The second kappa shape index (κ2) is 6.09. The molecule has 1 N–H and O–H groups in total. The Kier molecular flexibility index (Phi) is 4.46. The maximum Gasteiger partial charge on any atom is 0.306 e. The van der Waals surface area contributed by atoms with E-state index in [0.29, 0.717) is 0 Å². The van der Waals surface area contributed by atoms with Crippen LogP contribution in [0.3, 0.4) is 0 Å². The number of hydrogen-bond acceptors (Lipinski definition) is 2. The zero-order valence-electron chi connectivity index (χ0n) is 11.7. The van der Waals surface area contributed by atoms with Crippen LogP contribution < -0.4 is 4.74 Å². The van der Waals surface area contributed by atoms with Gasteiger partial charge in [0.15, 0.2) is 0 Å². The maximum atomic E-state index is 11.3. The van der Waals surface area contributed by atoms with Gasteiger partial charge in [-0.2, -0.15) is 0 Å². The summed E-state index contributed by atoms with van der Waals surface area (Å²) in [5.74, 6) is 0.276. The summed E-state index contributed by atoms with van der Waals surface area (Å²) >= 11 is 0. The molecule has 1 aliphatic rings. The van der Waals surface area contributed by atoms with Crippen LogP contribution in [-0.4, -0.2) is 18.2 Å². The Labute approximate surface area is 114 Å². The molecule has 2 rings (SSSR count). The molecule has 1 aromatic rings. The van der Waals surface area contributed by atoms with Gasteiger partial charge < -0.3 is 9.84 Å². The van der Waals surface area contributed by atoms with Crippen LogP contribution in [-0.2, 0) is 11.2 Å². The predicted molar refractivity (Wildman–Crippen MR) is 74.5 cm³/mol. The zero-order chi connectivity index (χ0) is 13.8. The topological polar surface area (TPSA) is 46.5 Å². The molecule has 0 amide bonds. The van der Waals surface area contributed by atoms with Crippen molar-refractivity contribution in [1.82, 2.24) is 0 Å². The number of aryl methyl sites for hydroxylation is 1. The standard InChI is InChI=1S/C16H22O3/c1-11-7-8-15(19-2)13(9-11)10-12-5-3-4-6-14(12)16(17)18/h7-9,12,14H,3-6,10H2,1-2H3,(H,17,18). The Morgan fingerprint density at radius 1 is 1.37 bits per heavy atom. The van der Waals surface area contributed by atoms with Crippen LogP contribution in [0.15, 0.2) is 18.2 Å². The minimum absolute atomic E-state index is 0.195.